The summed E-state index contributed by atoms with van der Waals surface area (Å²) in [5.41, 5.74) is 0. The molecule has 0 aromatic carbocycles. The van der Waals surface area contributed by atoms with Gasteiger partial charge in [-0.1, -0.05) is 11.6 Å². The molecule has 0 saturated carbocycles. The zero-order valence-corrected chi connectivity index (χ0v) is 12.6. The highest BCUT2D eigenvalue weighted by Gasteiger charge is 2.16. The summed E-state index contributed by atoms with van der Waals surface area (Å²) in [6, 6.07) is 3.88. The highest BCUT2D eigenvalue weighted by atomic mass is 35.5. The molecule has 2 heterocycles. The minimum Gasteiger partial charge on any atom is -0.376 e. The fourth-order valence-electron chi connectivity index (χ4n) is 2.09. The van der Waals surface area contributed by atoms with Crippen LogP contribution in [0.1, 0.15) is 17.7 Å². The third-order valence-electron chi connectivity index (χ3n) is 3.02. The van der Waals surface area contributed by atoms with E-state index in [4.69, 9.17) is 16.3 Å². The van der Waals surface area contributed by atoms with Gasteiger partial charge in [0, 0.05) is 24.6 Å². The van der Waals surface area contributed by atoms with Crippen LogP contribution < -0.4 is 5.32 Å². The second-order valence-electron chi connectivity index (χ2n) is 4.82. The summed E-state index contributed by atoms with van der Waals surface area (Å²) in [5.74, 6) is 0.0423. The van der Waals surface area contributed by atoms with Crippen LogP contribution in [-0.2, 0) is 16.1 Å². The molecule has 1 aliphatic rings. The molecule has 2 rings (SSSR count). The van der Waals surface area contributed by atoms with E-state index in [9.17, 15) is 4.79 Å². The molecule has 1 atom stereocenters. The van der Waals surface area contributed by atoms with E-state index in [1.807, 2.05) is 24.1 Å². The summed E-state index contributed by atoms with van der Waals surface area (Å²) in [5, 5.41) is 2.92. The van der Waals surface area contributed by atoms with Crippen LogP contribution in [-0.4, -0.2) is 43.7 Å². The quantitative estimate of drug-likeness (QED) is 0.875. The van der Waals surface area contributed by atoms with E-state index in [1.54, 1.807) is 11.3 Å². The van der Waals surface area contributed by atoms with Crippen LogP contribution in [0, 0.1) is 0 Å². The SMILES string of the molecule is CN(CC(=O)NCC1CCCO1)Cc1ccc(Cl)s1. The number of hydrogen-bond acceptors (Lipinski definition) is 4. The number of carbonyl (C=O) groups is 1. The number of rotatable bonds is 6. The van der Waals surface area contributed by atoms with Gasteiger partial charge in [0.25, 0.3) is 0 Å². The number of amides is 1. The molecule has 1 unspecified atom stereocenters. The van der Waals surface area contributed by atoms with Crippen molar-refractivity contribution in [1.82, 2.24) is 10.2 Å². The molecule has 4 nitrogen and oxygen atoms in total. The lowest BCUT2D eigenvalue weighted by Crippen LogP contribution is -2.38. The van der Waals surface area contributed by atoms with Gasteiger partial charge in [-0.3, -0.25) is 9.69 Å². The molecule has 0 spiro atoms. The van der Waals surface area contributed by atoms with Crippen molar-refractivity contribution in [1.29, 1.82) is 0 Å². The lowest BCUT2D eigenvalue weighted by atomic mass is 10.2. The molecule has 1 fully saturated rings. The van der Waals surface area contributed by atoms with Crippen LogP contribution in [0.25, 0.3) is 0 Å². The summed E-state index contributed by atoms with van der Waals surface area (Å²) in [6.07, 6.45) is 2.34. The number of ether oxygens (including phenoxy) is 1. The molecule has 1 aromatic heterocycles. The van der Waals surface area contributed by atoms with Crippen LogP contribution in [0.15, 0.2) is 12.1 Å². The molecule has 1 saturated heterocycles. The molecule has 1 aliphatic heterocycles. The van der Waals surface area contributed by atoms with Gasteiger partial charge >= 0.3 is 0 Å². The van der Waals surface area contributed by atoms with Gasteiger partial charge in [0.15, 0.2) is 0 Å². The molecule has 106 valence electrons. The number of nitrogens with zero attached hydrogens (tertiary/aromatic N) is 1. The first kappa shape index (κ1) is 14.8. The van der Waals surface area contributed by atoms with Gasteiger partial charge in [-0.15, -0.1) is 11.3 Å². The van der Waals surface area contributed by atoms with Gasteiger partial charge in [0.1, 0.15) is 0 Å². The third kappa shape index (κ3) is 5.10. The largest absolute Gasteiger partial charge is 0.376 e. The molecule has 1 amide bonds. The van der Waals surface area contributed by atoms with Crippen molar-refractivity contribution in [2.75, 3.05) is 26.7 Å². The molecule has 1 N–H and O–H groups in total. The minimum atomic E-state index is 0.0423. The van der Waals surface area contributed by atoms with Crippen LogP contribution in [0.5, 0.6) is 0 Å². The van der Waals surface area contributed by atoms with Crippen LogP contribution >= 0.6 is 22.9 Å². The minimum absolute atomic E-state index is 0.0423. The van der Waals surface area contributed by atoms with Gasteiger partial charge in [0.05, 0.1) is 17.0 Å². The second kappa shape index (κ2) is 7.24. The number of likely N-dealkylation sites (N-methyl/N-ethyl adjacent to an activating group) is 1. The average Bonchev–Trinajstić information content (AvgIpc) is 2.98. The van der Waals surface area contributed by atoms with Crippen LogP contribution in [0.3, 0.4) is 0 Å². The van der Waals surface area contributed by atoms with Gasteiger partial charge in [-0.05, 0) is 32.0 Å². The lowest BCUT2D eigenvalue weighted by molar-refractivity contribution is -0.122. The predicted molar refractivity (Wildman–Crippen MR) is 77.6 cm³/mol. The normalized spacial score (nSPS) is 19.0. The Labute approximate surface area is 122 Å². The Balaban J connectivity index is 1.66. The maximum Gasteiger partial charge on any atom is 0.234 e. The first-order valence-electron chi connectivity index (χ1n) is 6.44. The first-order chi connectivity index (χ1) is 9.13. The summed E-state index contributed by atoms with van der Waals surface area (Å²) in [6.45, 7) is 2.57. The Kier molecular flexibility index (Phi) is 5.63. The van der Waals surface area contributed by atoms with Crippen molar-refractivity contribution in [3.63, 3.8) is 0 Å². The zero-order chi connectivity index (χ0) is 13.7. The fourth-order valence-corrected chi connectivity index (χ4v) is 3.26. The summed E-state index contributed by atoms with van der Waals surface area (Å²) in [4.78, 5) is 14.9. The van der Waals surface area contributed by atoms with E-state index in [1.165, 1.54) is 4.88 Å². The molecular formula is C13H19ClN2O2S. The number of thiophene rings is 1. The van der Waals surface area contributed by atoms with Crippen molar-refractivity contribution >= 4 is 28.8 Å². The summed E-state index contributed by atoms with van der Waals surface area (Å²) in [7, 11) is 1.93. The van der Waals surface area contributed by atoms with Crippen LogP contribution in [0.4, 0.5) is 0 Å². The molecule has 0 radical (unpaired) electrons. The monoisotopic (exact) mass is 302 g/mol. The van der Waals surface area contributed by atoms with E-state index >= 15 is 0 Å². The maximum absolute atomic E-state index is 11.8. The van der Waals surface area contributed by atoms with E-state index in [0.717, 1.165) is 30.3 Å². The zero-order valence-electron chi connectivity index (χ0n) is 11.0. The second-order valence-corrected chi connectivity index (χ2v) is 6.62. The fraction of sp³-hybridized carbons (Fsp3) is 0.615. The van der Waals surface area contributed by atoms with E-state index < -0.39 is 0 Å². The van der Waals surface area contributed by atoms with E-state index in [0.29, 0.717) is 13.1 Å². The molecule has 19 heavy (non-hydrogen) atoms. The Bertz CT molecular complexity index is 419. The van der Waals surface area contributed by atoms with E-state index in [-0.39, 0.29) is 12.0 Å². The number of nitrogens with one attached hydrogen (secondary N) is 1. The van der Waals surface area contributed by atoms with Crippen molar-refractivity contribution < 1.29 is 9.53 Å². The smallest absolute Gasteiger partial charge is 0.234 e. The van der Waals surface area contributed by atoms with Crippen molar-refractivity contribution in [2.45, 2.75) is 25.5 Å². The van der Waals surface area contributed by atoms with Crippen molar-refractivity contribution in [3.05, 3.63) is 21.3 Å². The maximum atomic E-state index is 11.8. The Morgan fingerprint density at radius 3 is 3.11 bits per heavy atom. The number of halogens is 1. The third-order valence-corrected chi connectivity index (χ3v) is 4.23. The summed E-state index contributed by atoms with van der Waals surface area (Å²) >= 11 is 7.43. The van der Waals surface area contributed by atoms with Gasteiger partial charge in [0.2, 0.25) is 5.91 Å². The number of carbonyl (C=O) groups excluding carboxylic acids is 1. The van der Waals surface area contributed by atoms with Gasteiger partial charge in [-0.2, -0.15) is 0 Å². The van der Waals surface area contributed by atoms with Crippen molar-refractivity contribution in [2.24, 2.45) is 0 Å². The Morgan fingerprint density at radius 1 is 1.63 bits per heavy atom. The topological polar surface area (TPSA) is 41.6 Å². The van der Waals surface area contributed by atoms with Crippen molar-refractivity contribution in [3.8, 4) is 0 Å². The van der Waals surface area contributed by atoms with Gasteiger partial charge < -0.3 is 10.1 Å². The van der Waals surface area contributed by atoms with E-state index in [2.05, 4.69) is 5.32 Å². The summed E-state index contributed by atoms with van der Waals surface area (Å²) < 4.78 is 6.25. The molecule has 1 aromatic rings. The molecular weight excluding hydrogens is 284 g/mol. The predicted octanol–water partition coefficient (Wildman–Crippen LogP) is 2.13. The standard InChI is InChI=1S/C13H19ClN2O2S/c1-16(8-11-4-5-12(14)19-11)9-13(17)15-7-10-3-2-6-18-10/h4-5,10H,2-3,6-9H2,1H3,(H,15,17). The molecule has 0 bridgehead atoms. The van der Waals surface area contributed by atoms with Crippen LogP contribution in [0.2, 0.25) is 4.34 Å². The Morgan fingerprint density at radius 2 is 2.47 bits per heavy atom. The molecule has 6 heteroatoms. The van der Waals surface area contributed by atoms with Gasteiger partial charge in [-0.25, -0.2) is 0 Å². The molecule has 0 aliphatic carbocycles. The highest BCUT2D eigenvalue weighted by molar-refractivity contribution is 7.16. The first-order valence-corrected chi connectivity index (χ1v) is 7.64. The Hall–Kier alpha value is -0.620. The number of hydrogen-bond donors (Lipinski definition) is 1. The average molecular weight is 303 g/mol. The lowest BCUT2D eigenvalue weighted by Gasteiger charge is -2.16. The highest BCUT2D eigenvalue weighted by Crippen LogP contribution is 2.22.